The highest BCUT2D eigenvalue weighted by Gasteiger charge is 2.26. The van der Waals surface area contributed by atoms with Crippen LogP contribution in [0.2, 0.25) is 0 Å². The summed E-state index contributed by atoms with van der Waals surface area (Å²) >= 11 is 0. The maximum Gasteiger partial charge on any atom is 0.358 e. The van der Waals surface area contributed by atoms with Crippen molar-refractivity contribution in [1.82, 2.24) is 14.7 Å². The molecule has 7 heteroatoms. The van der Waals surface area contributed by atoms with E-state index in [-0.39, 0.29) is 18.2 Å². The summed E-state index contributed by atoms with van der Waals surface area (Å²) in [5, 5.41) is 4.53. The standard InChI is InChI=1S/C27H31N3O4/c1-4-21-10-6-7-16-29(21)26(31)19-12-14-22(15-13-19)30-25(18-24(28-30)27(32)34-5-2)20-9-8-11-23(17-20)33-3/h8-9,11-15,17-18,21H,4-7,10,16H2,1-3H3/t21-/m1/s1. The Morgan fingerprint density at radius 1 is 1.06 bits per heavy atom. The summed E-state index contributed by atoms with van der Waals surface area (Å²) < 4.78 is 12.2. The van der Waals surface area contributed by atoms with Gasteiger partial charge in [0.25, 0.3) is 5.91 Å². The van der Waals surface area contributed by atoms with Crippen molar-refractivity contribution in [2.45, 2.75) is 45.6 Å². The summed E-state index contributed by atoms with van der Waals surface area (Å²) in [6, 6.07) is 17.0. The van der Waals surface area contributed by atoms with Crippen LogP contribution in [0, 0.1) is 0 Å². The molecule has 34 heavy (non-hydrogen) atoms. The topological polar surface area (TPSA) is 73.7 Å². The molecule has 1 amide bonds. The Balaban J connectivity index is 1.69. The average Bonchev–Trinajstić information content (AvgIpc) is 3.34. The molecule has 1 saturated heterocycles. The number of likely N-dealkylation sites (tertiary alicyclic amines) is 1. The van der Waals surface area contributed by atoms with Crippen LogP contribution in [-0.2, 0) is 4.74 Å². The van der Waals surface area contributed by atoms with Crippen molar-refractivity contribution in [3.05, 3.63) is 65.9 Å². The minimum Gasteiger partial charge on any atom is -0.497 e. The van der Waals surface area contributed by atoms with Crippen LogP contribution in [0.25, 0.3) is 16.9 Å². The van der Waals surface area contributed by atoms with Gasteiger partial charge in [-0.1, -0.05) is 19.1 Å². The molecule has 1 atom stereocenters. The van der Waals surface area contributed by atoms with Crippen LogP contribution in [0.4, 0.5) is 0 Å². The van der Waals surface area contributed by atoms with Gasteiger partial charge in [0.2, 0.25) is 0 Å². The SMILES string of the molecule is CCOC(=O)c1cc(-c2cccc(OC)c2)n(-c2ccc(C(=O)N3CCCC[C@H]3CC)cc2)n1. The Kier molecular flexibility index (Phi) is 7.30. The molecule has 0 unspecified atom stereocenters. The summed E-state index contributed by atoms with van der Waals surface area (Å²) in [6.07, 6.45) is 4.26. The molecule has 0 N–H and O–H groups in total. The molecular formula is C27H31N3O4. The fourth-order valence-corrected chi connectivity index (χ4v) is 4.47. The highest BCUT2D eigenvalue weighted by molar-refractivity contribution is 5.94. The number of ether oxygens (including phenoxy) is 2. The number of hydrogen-bond acceptors (Lipinski definition) is 5. The molecule has 3 aromatic rings. The van der Waals surface area contributed by atoms with Crippen molar-refractivity contribution in [2.24, 2.45) is 0 Å². The Morgan fingerprint density at radius 2 is 1.85 bits per heavy atom. The largest absolute Gasteiger partial charge is 0.497 e. The zero-order chi connectivity index (χ0) is 24.1. The van der Waals surface area contributed by atoms with Crippen LogP contribution in [0.1, 0.15) is 60.4 Å². The molecule has 0 radical (unpaired) electrons. The number of methoxy groups -OCH3 is 1. The predicted octanol–water partition coefficient (Wildman–Crippen LogP) is 5.13. The van der Waals surface area contributed by atoms with E-state index in [1.807, 2.05) is 53.4 Å². The van der Waals surface area contributed by atoms with Gasteiger partial charge in [0, 0.05) is 23.7 Å². The normalized spacial score (nSPS) is 15.7. The summed E-state index contributed by atoms with van der Waals surface area (Å²) in [4.78, 5) is 27.6. The lowest BCUT2D eigenvalue weighted by Gasteiger charge is -2.35. The van der Waals surface area contributed by atoms with Crippen LogP contribution >= 0.6 is 0 Å². The molecule has 178 valence electrons. The first kappa shape index (κ1) is 23.5. The zero-order valence-electron chi connectivity index (χ0n) is 20.0. The van der Waals surface area contributed by atoms with Gasteiger partial charge in [-0.25, -0.2) is 9.48 Å². The molecule has 1 aliphatic heterocycles. The number of carbonyl (C=O) groups is 2. The van der Waals surface area contributed by atoms with E-state index in [0.717, 1.165) is 42.8 Å². The number of rotatable bonds is 7. The fourth-order valence-electron chi connectivity index (χ4n) is 4.47. The summed E-state index contributed by atoms with van der Waals surface area (Å²) in [5.41, 5.74) is 3.20. The molecule has 4 rings (SSSR count). The Hall–Kier alpha value is -3.61. The minimum absolute atomic E-state index is 0.0683. The second-order valence-corrected chi connectivity index (χ2v) is 8.38. The summed E-state index contributed by atoms with van der Waals surface area (Å²) in [5.74, 6) is 0.294. The molecule has 1 aromatic heterocycles. The minimum atomic E-state index is -0.479. The molecule has 0 spiro atoms. The number of benzene rings is 2. The molecule has 1 aliphatic rings. The van der Waals surface area contributed by atoms with Crippen LogP contribution in [0.15, 0.2) is 54.6 Å². The summed E-state index contributed by atoms with van der Waals surface area (Å²) in [6.45, 7) is 4.98. The zero-order valence-corrected chi connectivity index (χ0v) is 20.0. The number of piperidine rings is 1. The van der Waals surface area contributed by atoms with Crippen LogP contribution in [0.5, 0.6) is 5.75 Å². The van der Waals surface area contributed by atoms with E-state index < -0.39 is 5.97 Å². The van der Waals surface area contributed by atoms with Crippen molar-refractivity contribution >= 4 is 11.9 Å². The van der Waals surface area contributed by atoms with E-state index >= 15 is 0 Å². The molecule has 0 bridgehead atoms. The first-order valence-corrected chi connectivity index (χ1v) is 11.9. The average molecular weight is 462 g/mol. The lowest BCUT2D eigenvalue weighted by Crippen LogP contribution is -2.43. The monoisotopic (exact) mass is 461 g/mol. The van der Waals surface area contributed by atoms with Gasteiger partial charge in [0.1, 0.15) is 5.75 Å². The number of amides is 1. The number of carbonyl (C=O) groups excluding carboxylic acids is 2. The quantitative estimate of drug-likeness (QED) is 0.456. The van der Waals surface area contributed by atoms with E-state index in [1.165, 1.54) is 6.42 Å². The molecule has 0 saturated carbocycles. The van der Waals surface area contributed by atoms with E-state index in [1.54, 1.807) is 24.8 Å². The van der Waals surface area contributed by atoms with Gasteiger partial charge in [-0.05, 0) is 75.1 Å². The van der Waals surface area contributed by atoms with Crippen LogP contribution in [0.3, 0.4) is 0 Å². The third-order valence-corrected chi connectivity index (χ3v) is 6.28. The maximum atomic E-state index is 13.2. The number of hydrogen-bond donors (Lipinski definition) is 0. The summed E-state index contributed by atoms with van der Waals surface area (Å²) in [7, 11) is 1.61. The third-order valence-electron chi connectivity index (χ3n) is 6.28. The van der Waals surface area contributed by atoms with Crippen molar-refractivity contribution < 1.29 is 19.1 Å². The van der Waals surface area contributed by atoms with Gasteiger partial charge in [-0.15, -0.1) is 0 Å². The Bertz CT molecular complexity index is 1150. The van der Waals surface area contributed by atoms with Gasteiger partial charge >= 0.3 is 5.97 Å². The number of aromatic nitrogens is 2. The van der Waals surface area contributed by atoms with Crippen LogP contribution < -0.4 is 4.74 Å². The highest BCUT2D eigenvalue weighted by Crippen LogP contribution is 2.28. The fraction of sp³-hybridized carbons (Fsp3) is 0.370. The predicted molar refractivity (Wildman–Crippen MR) is 130 cm³/mol. The lowest BCUT2D eigenvalue weighted by atomic mass is 9.99. The lowest BCUT2D eigenvalue weighted by molar-refractivity contribution is 0.0518. The van der Waals surface area contributed by atoms with Gasteiger partial charge in [0.05, 0.1) is 25.1 Å². The van der Waals surface area contributed by atoms with Crippen LogP contribution in [-0.4, -0.2) is 52.9 Å². The van der Waals surface area contributed by atoms with Crippen molar-refractivity contribution in [1.29, 1.82) is 0 Å². The van der Waals surface area contributed by atoms with E-state index in [9.17, 15) is 9.59 Å². The Labute approximate surface area is 200 Å². The molecular weight excluding hydrogens is 430 g/mol. The second-order valence-electron chi connectivity index (χ2n) is 8.38. The van der Waals surface area contributed by atoms with Gasteiger partial charge in [-0.2, -0.15) is 5.10 Å². The molecule has 7 nitrogen and oxygen atoms in total. The molecule has 2 aromatic carbocycles. The van der Waals surface area contributed by atoms with E-state index in [2.05, 4.69) is 12.0 Å². The third kappa shape index (κ3) is 4.83. The van der Waals surface area contributed by atoms with Gasteiger partial charge in [-0.3, -0.25) is 4.79 Å². The number of nitrogens with zero attached hydrogens (tertiary/aromatic N) is 3. The van der Waals surface area contributed by atoms with E-state index in [0.29, 0.717) is 17.4 Å². The first-order chi connectivity index (χ1) is 16.5. The second kappa shape index (κ2) is 10.5. The van der Waals surface area contributed by atoms with E-state index in [4.69, 9.17) is 9.47 Å². The smallest absolute Gasteiger partial charge is 0.358 e. The molecule has 1 fully saturated rings. The highest BCUT2D eigenvalue weighted by atomic mass is 16.5. The van der Waals surface area contributed by atoms with Crippen molar-refractivity contribution in [3.63, 3.8) is 0 Å². The molecule has 0 aliphatic carbocycles. The molecule has 2 heterocycles. The Morgan fingerprint density at radius 3 is 2.56 bits per heavy atom. The van der Waals surface area contributed by atoms with Crippen molar-refractivity contribution in [2.75, 3.05) is 20.3 Å². The van der Waals surface area contributed by atoms with Gasteiger partial charge in [0.15, 0.2) is 5.69 Å². The van der Waals surface area contributed by atoms with Crippen molar-refractivity contribution in [3.8, 4) is 22.7 Å². The first-order valence-electron chi connectivity index (χ1n) is 11.9. The van der Waals surface area contributed by atoms with Gasteiger partial charge < -0.3 is 14.4 Å². The maximum absolute atomic E-state index is 13.2. The number of esters is 1.